The first-order valence-corrected chi connectivity index (χ1v) is 6.37. The molecule has 0 amide bonds. The number of hydrogen-bond acceptors (Lipinski definition) is 7. The monoisotopic (exact) mass is 271 g/mol. The normalized spacial score (nSPS) is 10.5. The zero-order chi connectivity index (χ0) is 13.6. The maximum atomic E-state index is 11.4. The number of carbonyl (C=O) groups is 1. The second-order valence-corrected chi connectivity index (χ2v) is 4.86. The van der Waals surface area contributed by atoms with Crippen LogP contribution in [0.2, 0.25) is 0 Å². The number of hydrogen-bond donors (Lipinski definition) is 0. The number of aliphatic imine (C=N–C) groups is 1. The van der Waals surface area contributed by atoms with Gasteiger partial charge in [0.2, 0.25) is 6.08 Å². The van der Waals surface area contributed by atoms with Gasteiger partial charge in [-0.1, -0.05) is 4.33 Å². The van der Waals surface area contributed by atoms with Crippen LogP contribution in [0.1, 0.15) is 17.3 Å². The van der Waals surface area contributed by atoms with Crippen molar-refractivity contribution in [3.8, 4) is 0 Å². The fourth-order valence-corrected chi connectivity index (χ4v) is 1.17. The lowest BCUT2D eigenvalue weighted by molar-refractivity contribution is -0.143. The van der Waals surface area contributed by atoms with E-state index in [0.29, 0.717) is 5.69 Å². The molecule has 0 unspecified atom stereocenters. The summed E-state index contributed by atoms with van der Waals surface area (Å²) in [6.07, 6.45) is 1.34. The molecule has 0 saturated heterocycles. The van der Waals surface area contributed by atoms with Gasteiger partial charge in [0.25, 0.3) is 0 Å². The van der Waals surface area contributed by atoms with Crippen molar-refractivity contribution in [1.82, 2.24) is 0 Å². The van der Waals surface area contributed by atoms with E-state index in [1.54, 1.807) is 0 Å². The van der Waals surface area contributed by atoms with Crippen LogP contribution in [0, 0.1) is 0 Å². The second kappa shape index (κ2) is 6.06. The lowest BCUT2D eigenvalue weighted by Gasteiger charge is -2.02. The average molecular weight is 271 g/mol. The Morgan fingerprint density at radius 1 is 1.33 bits per heavy atom. The van der Waals surface area contributed by atoms with Crippen LogP contribution in [-0.2, 0) is 24.1 Å². The molecule has 96 valence electrons. The Morgan fingerprint density at radius 3 is 2.44 bits per heavy atom. The first-order chi connectivity index (χ1) is 8.48. The van der Waals surface area contributed by atoms with Gasteiger partial charge in [-0.05, 0) is 31.2 Å². The van der Waals surface area contributed by atoms with Crippen LogP contribution < -0.4 is 0 Å². The van der Waals surface area contributed by atoms with Crippen LogP contribution in [0.4, 0.5) is 5.69 Å². The number of isocyanates is 1. The quantitative estimate of drug-likeness (QED) is 0.344. The van der Waals surface area contributed by atoms with E-state index >= 15 is 0 Å². The Hall–Kier alpha value is -2.02. The van der Waals surface area contributed by atoms with Gasteiger partial charge in [-0.2, -0.15) is 13.4 Å². The van der Waals surface area contributed by atoms with E-state index in [-0.39, 0.29) is 11.3 Å². The molecular formula is C10H9NO6S. The third kappa shape index (κ3) is 4.10. The second-order valence-electron chi connectivity index (χ2n) is 3.04. The van der Waals surface area contributed by atoms with Crippen LogP contribution in [0.5, 0.6) is 0 Å². The van der Waals surface area contributed by atoms with Crippen molar-refractivity contribution >= 4 is 27.9 Å². The van der Waals surface area contributed by atoms with Crippen LogP contribution in [-0.4, -0.2) is 26.2 Å². The molecule has 0 aliphatic carbocycles. The van der Waals surface area contributed by atoms with Crippen molar-refractivity contribution in [2.75, 3.05) is 5.75 Å². The van der Waals surface area contributed by atoms with E-state index < -0.39 is 16.1 Å². The van der Waals surface area contributed by atoms with Crippen molar-refractivity contribution in [2.24, 2.45) is 4.99 Å². The van der Waals surface area contributed by atoms with E-state index in [0.717, 1.165) is 0 Å². The topological polar surface area (TPSA) is 99.1 Å². The Kier molecular flexibility index (Phi) is 4.73. The highest BCUT2D eigenvalue weighted by Gasteiger charge is 2.14. The summed E-state index contributed by atoms with van der Waals surface area (Å²) in [5.74, 6) is -1.28. The highest BCUT2D eigenvalue weighted by molar-refractivity contribution is 7.86. The molecule has 0 aliphatic rings. The molecule has 0 fully saturated rings. The van der Waals surface area contributed by atoms with Crippen LogP contribution in [0.15, 0.2) is 29.3 Å². The molecular weight excluding hydrogens is 262 g/mol. The molecule has 0 saturated carbocycles. The third-order valence-corrected chi connectivity index (χ3v) is 2.83. The molecule has 18 heavy (non-hydrogen) atoms. The smallest absolute Gasteiger partial charge is 0.276 e. The Balaban J connectivity index is 2.70. The zero-order valence-corrected chi connectivity index (χ0v) is 10.1. The summed E-state index contributed by atoms with van der Waals surface area (Å²) in [5, 5.41) is 0. The van der Waals surface area contributed by atoms with Gasteiger partial charge >= 0.3 is 16.1 Å². The van der Waals surface area contributed by atoms with Crippen LogP contribution in [0.3, 0.4) is 0 Å². The average Bonchev–Trinajstić information content (AvgIpc) is 2.37. The van der Waals surface area contributed by atoms with E-state index in [9.17, 15) is 18.0 Å². The molecule has 0 atom stereocenters. The summed E-state index contributed by atoms with van der Waals surface area (Å²) in [4.78, 5) is 28.8. The molecule has 1 rings (SSSR count). The SMILES string of the molecule is CCS(=O)(=O)OOC(=O)c1ccc(N=C=O)cc1. The predicted octanol–water partition coefficient (Wildman–Crippen LogP) is 1.09. The van der Waals surface area contributed by atoms with Crippen LogP contribution >= 0.6 is 0 Å². The Labute approximate surface area is 103 Å². The molecule has 0 heterocycles. The van der Waals surface area contributed by atoms with Gasteiger partial charge in [-0.15, -0.1) is 0 Å². The van der Waals surface area contributed by atoms with Gasteiger partial charge in [0.05, 0.1) is 17.0 Å². The lowest BCUT2D eigenvalue weighted by Crippen LogP contribution is -2.13. The van der Waals surface area contributed by atoms with Gasteiger partial charge in [-0.25, -0.2) is 9.59 Å². The highest BCUT2D eigenvalue weighted by Crippen LogP contribution is 2.13. The molecule has 1 aromatic carbocycles. The van der Waals surface area contributed by atoms with E-state index in [4.69, 9.17) is 0 Å². The molecule has 7 nitrogen and oxygen atoms in total. The summed E-state index contributed by atoms with van der Waals surface area (Å²) >= 11 is 0. The summed E-state index contributed by atoms with van der Waals surface area (Å²) < 4.78 is 25.8. The van der Waals surface area contributed by atoms with Gasteiger partial charge in [0, 0.05) is 0 Å². The number of benzene rings is 1. The summed E-state index contributed by atoms with van der Waals surface area (Å²) in [7, 11) is -3.85. The maximum absolute atomic E-state index is 11.4. The first kappa shape index (κ1) is 14.0. The molecule has 0 bridgehead atoms. The first-order valence-electron chi connectivity index (χ1n) is 4.79. The van der Waals surface area contributed by atoms with E-state index in [1.807, 2.05) is 0 Å². The van der Waals surface area contributed by atoms with Crippen molar-refractivity contribution in [3.63, 3.8) is 0 Å². The third-order valence-electron chi connectivity index (χ3n) is 1.84. The van der Waals surface area contributed by atoms with Crippen molar-refractivity contribution < 1.29 is 27.2 Å². The largest absolute Gasteiger partial charge is 0.374 e. The van der Waals surface area contributed by atoms with Crippen molar-refractivity contribution in [2.45, 2.75) is 6.92 Å². The molecule has 1 aromatic rings. The molecule has 0 radical (unpaired) electrons. The van der Waals surface area contributed by atoms with Gasteiger partial charge in [-0.3, -0.25) is 4.89 Å². The summed E-state index contributed by atoms with van der Waals surface area (Å²) in [6, 6.07) is 5.35. The minimum atomic E-state index is -3.85. The van der Waals surface area contributed by atoms with Gasteiger partial charge in [0.15, 0.2) is 0 Å². The standard InChI is InChI=1S/C10H9NO6S/c1-2-18(14,15)17-16-10(13)8-3-5-9(6-4-8)11-7-12/h3-6H,2H2,1H3. The van der Waals surface area contributed by atoms with Gasteiger partial charge < -0.3 is 0 Å². The Morgan fingerprint density at radius 2 is 1.94 bits per heavy atom. The zero-order valence-electron chi connectivity index (χ0n) is 9.32. The van der Waals surface area contributed by atoms with E-state index in [1.165, 1.54) is 37.3 Å². The minimum Gasteiger partial charge on any atom is -0.276 e. The summed E-state index contributed by atoms with van der Waals surface area (Å²) in [5.41, 5.74) is 0.370. The minimum absolute atomic E-state index is 0.0613. The fraction of sp³-hybridized carbons (Fsp3) is 0.200. The lowest BCUT2D eigenvalue weighted by atomic mass is 10.2. The Bertz CT molecular complexity index is 571. The highest BCUT2D eigenvalue weighted by atomic mass is 32.2. The van der Waals surface area contributed by atoms with Crippen molar-refractivity contribution in [3.05, 3.63) is 29.8 Å². The molecule has 0 spiro atoms. The van der Waals surface area contributed by atoms with Crippen LogP contribution in [0.25, 0.3) is 0 Å². The predicted molar refractivity (Wildman–Crippen MR) is 60.2 cm³/mol. The summed E-state index contributed by atoms with van der Waals surface area (Å²) in [6.45, 7) is 1.34. The maximum Gasteiger partial charge on any atom is 0.374 e. The fourth-order valence-electron chi connectivity index (χ4n) is 0.904. The molecule has 0 aromatic heterocycles. The van der Waals surface area contributed by atoms with Crippen molar-refractivity contribution in [1.29, 1.82) is 0 Å². The van der Waals surface area contributed by atoms with Gasteiger partial charge in [0.1, 0.15) is 0 Å². The molecule has 8 heteroatoms. The van der Waals surface area contributed by atoms with E-state index in [2.05, 4.69) is 14.2 Å². The molecule has 0 aliphatic heterocycles. The number of nitrogens with zero attached hydrogens (tertiary/aromatic N) is 1. The number of carbonyl (C=O) groups excluding carboxylic acids is 2. The molecule has 0 N–H and O–H groups in total. The number of rotatable bonds is 5.